The van der Waals surface area contributed by atoms with Gasteiger partial charge in [-0.15, -0.1) is 12.4 Å². The molecule has 0 aliphatic rings. The van der Waals surface area contributed by atoms with E-state index in [4.69, 9.17) is 18.9 Å². The molecule has 0 spiro atoms. The molecule has 132 valence electrons. The number of carbonyl (C=O) groups excluding carboxylic acids is 1. The van der Waals surface area contributed by atoms with Crippen molar-refractivity contribution in [1.82, 2.24) is 10.6 Å². The van der Waals surface area contributed by atoms with Gasteiger partial charge < -0.3 is 29.6 Å². The Bertz CT molecular complexity index is 485. The van der Waals surface area contributed by atoms with Crippen molar-refractivity contribution in [3.63, 3.8) is 0 Å². The van der Waals surface area contributed by atoms with Crippen molar-refractivity contribution in [2.75, 3.05) is 48.1 Å². The SMILES string of the molecule is COCCNCC(=O)NCc1cc(OC)c(OC)cc1OC.Cl. The Hall–Kier alpha value is -1.70. The predicted molar refractivity (Wildman–Crippen MR) is 89.9 cm³/mol. The number of benzene rings is 1. The summed E-state index contributed by atoms with van der Waals surface area (Å²) in [6.07, 6.45) is 0. The molecular weight excluding hydrogens is 324 g/mol. The van der Waals surface area contributed by atoms with Gasteiger partial charge in [-0.2, -0.15) is 0 Å². The Morgan fingerprint density at radius 1 is 1.00 bits per heavy atom. The molecule has 1 amide bonds. The summed E-state index contributed by atoms with van der Waals surface area (Å²) >= 11 is 0. The molecule has 0 saturated heterocycles. The van der Waals surface area contributed by atoms with Crippen molar-refractivity contribution in [2.24, 2.45) is 0 Å². The van der Waals surface area contributed by atoms with Gasteiger partial charge in [0.1, 0.15) is 5.75 Å². The number of hydrogen-bond acceptors (Lipinski definition) is 6. The minimum absolute atomic E-state index is 0. The molecule has 1 aromatic rings. The van der Waals surface area contributed by atoms with Crippen LogP contribution in [0.4, 0.5) is 0 Å². The normalized spacial score (nSPS) is 9.74. The van der Waals surface area contributed by atoms with E-state index in [1.54, 1.807) is 40.6 Å². The molecule has 0 unspecified atom stereocenters. The minimum Gasteiger partial charge on any atom is -0.496 e. The third-order valence-corrected chi connectivity index (χ3v) is 3.03. The first kappa shape index (κ1) is 21.3. The third kappa shape index (κ3) is 6.94. The van der Waals surface area contributed by atoms with Gasteiger partial charge in [0.15, 0.2) is 11.5 Å². The summed E-state index contributed by atoms with van der Waals surface area (Å²) < 4.78 is 20.7. The molecule has 0 atom stereocenters. The zero-order chi connectivity index (χ0) is 16.4. The lowest BCUT2D eigenvalue weighted by Crippen LogP contribution is -2.34. The highest BCUT2D eigenvalue weighted by Crippen LogP contribution is 2.34. The average molecular weight is 349 g/mol. The van der Waals surface area contributed by atoms with Crippen LogP contribution in [-0.2, 0) is 16.1 Å². The third-order valence-electron chi connectivity index (χ3n) is 3.03. The molecule has 0 radical (unpaired) electrons. The van der Waals surface area contributed by atoms with Crippen LogP contribution in [0, 0.1) is 0 Å². The number of methoxy groups -OCH3 is 4. The van der Waals surface area contributed by atoms with Gasteiger partial charge in [-0.25, -0.2) is 0 Å². The van der Waals surface area contributed by atoms with Crippen LogP contribution >= 0.6 is 12.4 Å². The summed E-state index contributed by atoms with van der Waals surface area (Å²) in [5, 5.41) is 5.80. The lowest BCUT2D eigenvalue weighted by atomic mass is 10.1. The maximum atomic E-state index is 11.7. The molecule has 1 aromatic carbocycles. The zero-order valence-corrected chi connectivity index (χ0v) is 14.7. The van der Waals surface area contributed by atoms with Crippen molar-refractivity contribution < 1.29 is 23.7 Å². The Morgan fingerprint density at radius 2 is 1.61 bits per heavy atom. The van der Waals surface area contributed by atoms with Gasteiger partial charge >= 0.3 is 0 Å². The van der Waals surface area contributed by atoms with E-state index in [0.717, 1.165) is 5.56 Å². The zero-order valence-electron chi connectivity index (χ0n) is 13.9. The largest absolute Gasteiger partial charge is 0.496 e. The summed E-state index contributed by atoms with van der Waals surface area (Å²) in [6.45, 7) is 1.77. The highest BCUT2D eigenvalue weighted by Gasteiger charge is 2.12. The maximum absolute atomic E-state index is 11.7. The molecule has 2 N–H and O–H groups in total. The van der Waals surface area contributed by atoms with Crippen LogP contribution in [0.3, 0.4) is 0 Å². The molecule has 7 nitrogen and oxygen atoms in total. The quantitative estimate of drug-likeness (QED) is 0.614. The second-order valence-corrected chi connectivity index (χ2v) is 4.47. The van der Waals surface area contributed by atoms with Gasteiger partial charge in [0, 0.05) is 31.8 Å². The van der Waals surface area contributed by atoms with E-state index in [2.05, 4.69) is 10.6 Å². The highest BCUT2D eigenvalue weighted by atomic mass is 35.5. The Kier molecular flexibility index (Phi) is 10.9. The number of carbonyl (C=O) groups is 1. The molecular formula is C15H25ClN2O5. The van der Waals surface area contributed by atoms with Crippen molar-refractivity contribution in [1.29, 1.82) is 0 Å². The minimum atomic E-state index is -0.104. The highest BCUT2D eigenvalue weighted by molar-refractivity contribution is 5.85. The molecule has 0 aromatic heterocycles. The van der Waals surface area contributed by atoms with Crippen molar-refractivity contribution in [2.45, 2.75) is 6.54 Å². The fraction of sp³-hybridized carbons (Fsp3) is 0.533. The van der Waals surface area contributed by atoms with Crippen molar-refractivity contribution in [3.05, 3.63) is 17.7 Å². The van der Waals surface area contributed by atoms with E-state index >= 15 is 0 Å². The number of ether oxygens (including phenoxy) is 4. The number of nitrogens with one attached hydrogen (secondary N) is 2. The van der Waals surface area contributed by atoms with Gasteiger partial charge in [-0.3, -0.25) is 4.79 Å². The summed E-state index contributed by atoms with van der Waals surface area (Å²) in [5.74, 6) is 1.69. The van der Waals surface area contributed by atoms with Crippen LogP contribution in [0.5, 0.6) is 17.2 Å². The molecule has 0 aliphatic carbocycles. The molecule has 0 fully saturated rings. The van der Waals surface area contributed by atoms with Gasteiger partial charge in [0.2, 0.25) is 5.91 Å². The smallest absolute Gasteiger partial charge is 0.234 e. The van der Waals surface area contributed by atoms with Crippen molar-refractivity contribution >= 4 is 18.3 Å². The standard InChI is InChI=1S/C15H24N2O5.ClH/c1-19-6-5-16-10-15(18)17-9-11-7-13(21-3)14(22-4)8-12(11)20-2;/h7-8,16H,5-6,9-10H2,1-4H3,(H,17,18);1H. The van der Waals surface area contributed by atoms with Crippen LogP contribution in [0.15, 0.2) is 12.1 Å². The first-order valence-electron chi connectivity index (χ1n) is 6.91. The van der Waals surface area contributed by atoms with Crippen LogP contribution < -0.4 is 24.8 Å². The number of rotatable bonds is 10. The van der Waals surface area contributed by atoms with Gasteiger partial charge in [0.25, 0.3) is 0 Å². The summed E-state index contributed by atoms with van der Waals surface area (Å²) in [5.41, 5.74) is 0.811. The summed E-state index contributed by atoms with van der Waals surface area (Å²) in [7, 11) is 6.31. The second-order valence-electron chi connectivity index (χ2n) is 4.47. The summed E-state index contributed by atoms with van der Waals surface area (Å²) in [6, 6.07) is 3.52. The molecule has 8 heteroatoms. The fourth-order valence-electron chi connectivity index (χ4n) is 1.86. The number of amides is 1. The maximum Gasteiger partial charge on any atom is 0.234 e. The lowest BCUT2D eigenvalue weighted by molar-refractivity contribution is -0.120. The van der Waals surface area contributed by atoms with Crippen LogP contribution in [-0.4, -0.2) is 54.0 Å². The van der Waals surface area contributed by atoms with Crippen LogP contribution in [0.1, 0.15) is 5.56 Å². The topological polar surface area (TPSA) is 78.1 Å². The fourth-order valence-corrected chi connectivity index (χ4v) is 1.86. The molecule has 23 heavy (non-hydrogen) atoms. The first-order valence-corrected chi connectivity index (χ1v) is 6.91. The van der Waals surface area contributed by atoms with E-state index < -0.39 is 0 Å². The molecule has 0 heterocycles. The van der Waals surface area contributed by atoms with E-state index in [1.165, 1.54) is 0 Å². The monoisotopic (exact) mass is 348 g/mol. The van der Waals surface area contributed by atoms with Gasteiger partial charge in [0.05, 0.1) is 34.5 Å². The summed E-state index contributed by atoms with van der Waals surface area (Å²) in [4.78, 5) is 11.7. The lowest BCUT2D eigenvalue weighted by Gasteiger charge is -2.14. The Labute approximate surface area is 143 Å². The molecule has 0 bridgehead atoms. The van der Waals surface area contributed by atoms with E-state index in [9.17, 15) is 4.79 Å². The van der Waals surface area contributed by atoms with E-state index in [1.807, 2.05) is 0 Å². The first-order chi connectivity index (χ1) is 10.7. The number of hydrogen-bond donors (Lipinski definition) is 2. The predicted octanol–water partition coefficient (Wildman–Crippen LogP) is 0.986. The average Bonchev–Trinajstić information content (AvgIpc) is 2.55. The van der Waals surface area contributed by atoms with E-state index in [-0.39, 0.29) is 24.9 Å². The second kappa shape index (κ2) is 11.8. The Balaban J connectivity index is 0.00000484. The van der Waals surface area contributed by atoms with Gasteiger partial charge in [-0.05, 0) is 6.07 Å². The van der Waals surface area contributed by atoms with Crippen molar-refractivity contribution in [3.8, 4) is 17.2 Å². The molecule has 0 aliphatic heterocycles. The number of halogens is 1. The Morgan fingerprint density at radius 3 is 2.17 bits per heavy atom. The van der Waals surface area contributed by atoms with Crippen LogP contribution in [0.25, 0.3) is 0 Å². The van der Waals surface area contributed by atoms with E-state index in [0.29, 0.717) is 36.9 Å². The molecule has 0 saturated carbocycles. The van der Waals surface area contributed by atoms with Gasteiger partial charge in [-0.1, -0.05) is 0 Å². The van der Waals surface area contributed by atoms with Crippen LogP contribution in [0.2, 0.25) is 0 Å². The molecule has 1 rings (SSSR count).